The highest BCUT2D eigenvalue weighted by Crippen LogP contribution is 2.32. The van der Waals surface area contributed by atoms with Crippen LogP contribution in [0.4, 0.5) is 0 Å². The fraction of sp³-hybridized carbons (Fsp3) is 1.00. The van der Waals surface area contributed by atoms with Crippen molar-refractivity contribution in [1.29, 1.82) is 0 Å². The van der Waals surface area contributed by atoms with Gasteiger partial charge in [-0.2, -0.15) is 0 Å². The van der Waals surface area contributed by atoms with E-state index in [9.17, 15) is 0 Å². The molecule has 0 fully saturated rings. The van der Waals surface area contributed by atoms with Crippen LogP contribution in [0, 0.1) is 0 Å². The second kappa shape index (κ2) is 6.85. The molecule has 1 atom stereocenters. The van der Waals surface area contributed by atoms with Crippen molar-refractivity contribution in [3.05, 3.63) is 0 Å². The summed E-state index contributed by atoms with van der Waals surface area (Å²) in [6.45, 7) is 14.0. The number of hydrogen-bond acceptors (Lipinski definition) is 4. The topological polar surface area (TPSA) is 44.5 Å². The molecule has 0 aromatic heterocycles. The molecule has 0 radical (unpaired) electrons. The van der Waals surface area contributed by atoms with E-state index >= 15 is 0 Å². The van der Waals surface area contributed by atoms with Gasteiger partial charge in [0.25, 0.3) is 0 Å². The van der Waals surface area contributed by atoms with Crippen molar-refractivity contribution in [3.63, 3.8) is 0 Å². The van der Waals surface area contributed by atoms with E-state index in [4.69, 9.17) is 5.73 Å². The molecule has 18 heavy (non-hydrogen) atoms. The number of rotatable bonds is 8. The second-order valence-electron chi connectivity index (χ2n) is 6.47. The lowest BCUT2D eigenvalue weighted by Crippen LogP contribution is -2.65. The molecule has 0 rings (SSSR count). The Labute approximate surface area is 114 Å². The molecular weight excluding hydrogens is 224 g/mol. The Morgan fingerprint density at radius 2 is 1.56 bits per heavy atom. The largest absolute Gasteiger partial charge is 0.329 e. The third-order valence-electron chi connectivity index (χ3n) is 4.92. The molecular formula is C14H34N4. The molecule has 0 heterocycles. The Hall–Kier alpha value is -0.160. The fourth-order valence-electron chi connectivity index (χ4n) is 2.08. The predicted molar refractivity (Wildman–Crippen MR) is 81.0 cm³/mol. The third-order valence-corrected chi connectivity index (χ3v) is 4.92. The standard InChI is InChI=1S/C14H34N4/c1-12(11-16-10-9-15)18(8)14(4,5)13(2,3)17(6)7/h12,16H,9-11,15H2,1-8H3. The van der Waals surface area contributed by atoms with E-state index in [0.29, 0.717) is 12.6 Å². The highest BCUT2D eigenvalue weighted by molar-refractivity contribution is 5.01. The van der Waals surface area contributed by atoms with Gasteiger partial charge in [-0.1, -0.05) is 0 Å². The van der Waals surface area contributed by atoms with Crippen LogP contribution in [0.1, 0.15) is 34.6 Å². The van der Waals surface area contributed by atoms with Gasteiger partial charge >= 0.3 is 0 Å². The number of nitrogens with zero attached hydrogens (tertiary/aromatic N) is 2. The molecule has 1 unspecified atom stereocenters. The summed E-state index contributed by atoms with van der Waals surface area (Å²) < 4.78 is 0. The fourth-order valence-corrected chi connectivity index (χ4v) is 2.08. The molecule has 0 aromatic carbocycles. The molecule has 3 N–H and O–H groups in total. The summed E-state index contributed by atoms with van der Waals surface area (Å²) in [5.74, 6) is 0. The van der Waals surface area contributed by atoms with Crippen LogP contribution in [0.3, 0.4) is 0 Å². The minimum absolute atomic E-state index is 0.0836. The monoisotopic (exact) mass is 258 g/mol. The smallest absolute Gasteiger partial charge is 0.0331 e. The normalized spacial score (nSPS) is 15.5. The molecule has 4 nitrogen and oxygen atoms in total. The highest BCUT2D eigenvalue weighted by Gasteiger charge is 2.42. The quantitative estimate of drug-likeness (QED) is 0.637. The zero-order chi connectivity index (χ0) is 14.6. The maximum absolute atomic E-state index is 5.50. The summed E-state index contributed by atoms with van der Waals surface area (Å²) >= 11 is 0. The molecule has 4 heteroatoms. The summed E-state index contributed by atoms with van der Waals surface area (Å²) in [6.07, 6.45) is 0. The van der Waals surface area contributed by atoms with Crippen LogP contribution < -0.4 is 11.1 Å². The van der Waals surface area contributed by atoms with Gasteiger partial charge in [0.2, 0.25) is 0 Å². The van der Waals surface area contributed by atoms with Gasteiger partial charge in [-0.15, -0.1) is 0 Å². The molecule has 0 bridgehead atoms. The maximum Gasteiger partial charge on any atom is 0.0331 e. The van der Waals surface area contributed by atoms with Gasteiger partial charge in [-0.05, 0) is 55.8 Å². The first-order valence-electron chi connectivity index (χ1n) is 6.90. The van der Waals surface area contributed by atoms with E-state index in [2.05, 4.69) is 70.9 Å². The van der Waals surface area contributed by atoms with Crippen molar-refractivity contribution >= 4 is 0 Å². The van der Waals surface area contributed by atoms with Crippen LogP contribution in [-0.2, 0) is 0 Å². The molecule has 0 amide bonds. The first kappa shape index (κ1) is 17.8. The Bertz CT molecular complexity index is 236. The number of hydrogen-bond donors (Lipinski definition) is 2. The lowest BCUT2D eigenvalue weighted by atomic mass is 9.79. The van der Waals surface area contributed by atoms with E-state index in [0.717, 1.165) is 13.1 Å². The molecule has 0 spiro atoms. The minimum atomic E-state index is 0.0836. The highest BCUT2D eigenvalue weighted by atomic mass is 15.3. The van der Waals surface area contributed by atoms with Crippen LogP contribution in [0.25, 0.3) is 0 Å². The second-order valence-corrected chi connectivity index (χ2v) is 6.47. The van der Waals surface area contributed by atoms with Crippen LogP contribution in [0.5, 0.6) is 0 Å². The molecule has 0 saturated heterocycles. The Kier molecular flexibility index (Phi) is 6.79. The van der Waals surface area contributed by atoms with E-state index in [1.807, 2.05) is 0 Å². The van der Waals surface area contributed by atoms with Gasteiger partial charge in [0.15, 0.2) is 0 Å². The van der Waals surface area contributed by atoms with Gasteiger partial charge in [-0.3, -0.25) is 4.90 Å². The Morgan fingerprint density at radius 1 is 1.06 bits per heavy atom. The van der Waals surface area contributed by atoms with Crippen molar-refractivity contribution in [2.24, 2.45) is 5.73 Å². The zero-order valence-electron chi connectivity index (χ0n) is 13.7. The van der Waals surface area contributed by atoms with Crippen molar-refractivity contribution in [1.82, 2.24) is 15.1 Å². The molecule has 110 valence electrons. The lowest BCUT2D eigenvalue weighted by Gasteiger charge is -2.53. The SMILES string of the molecule is CC(CNCCN)N(C)C(C)(C)C(C)(C)N(C)C. The number of nitrogens with two attached hydrogens (primary N) is 1. The molecule has 0 saturated carbocycles. The zero-order valence-corrected chi connectivity index (χ0v) is 13.7. The number of likely N-dealkylation sites (N-methyl/N-ethyl adjacent to an activating group) is 2. The van der Waals surface area contributed by atoms with Crippen LogP contribution in [0.2, 0.25) is 0 Å². The van der Waals surface area contributed by atoms with Crippen molar-refractivity contribution < 1.29 is 0 Å². The van der Waals surface area contributed by atoms with Gasteiger partial charge in [0.05, 0.1) is 0 Å². The van der Waals surface area contributed by atoms with Gasteiger partial charge in [0, 0.05) is 36.8 Å². The van der Waals surface area contributed by atoms with Crippen LogP contribution >= 0.6 is 0 Å². The summed E-state index contributed by atoms with van der Waals surface area (Å²) in [5.41, 5.74) is 5.69. The summed E-state index contributed by atoms with van der Waals surface area (Å²) in [6, 6.07) is 0.478. The predicted octanol–water partition coefficient (Wildman–Crippen LogP) is 0.974. The van der Waals surface area contributed by atoms with Crippen molar-refractivity contribution in [2.45, 2.75) is 51.7 Å². The minimum Gasteiger partial charge on any atom is -0.329 e. The van der Waals surface area contributed by atoms with Gasteiger partial charge < -0.3 is 16.0 Å². The van der Waals surface area contributed by atoms with E-state index in [1.54, 1.807) is 0 Å². The van der Waals surface area contributed by atoms with Crippen LogP contribution in [-0.4, -0.2) is 67.7 Å². The van der Waals surface area contributed by atoms with Crippen LogP contribution in [0.15, 0.2) is 0 Å². The van der Waals surface area contributed by atoms with E-state index in [-0.39, 0.29) is 11.1 Å². The number of nitrogens with one attached hydrogen (secondary N) is 1. The first-order valence-corrected chi connectivity index (χ1v) is 6.90. The molecule has 0 aliphatic carbocycles. The molecule has 0 aromatic rings. The van der Waals surface area contributed by atoms with E-state index in [1.165, 1.54) is 0 Å². The molecule has 0 aliphatic rings. The summed E-state index contributed by atoms with van der Waals surface area (Å²) in [4.78, 5) is 4.75. The van der Waals surface area contributed by atoms with Crippen molar-refractivity contribution in [3.8, 4) is 0 Å². The summed E-state index contributed by atoms with van der Waals surface area (Å²) in [5, 5.41) is 3.39. The lowest BCUT2D eigenvalue weighted by molar-refractivity contribution is -0.0179. The molecule has 0 aliphatic heterocycles. The maximum atomic E-state index is 5.50. The van der Waals surface area contributed by atoms with Gasteiger partial charge in [-0.25, -0.2) is 0 Å². The Morgan fingerprint density at radius 3 is 1.94 bits per heavy atom. The van der Waals surface area contributed by atoms with E-state index < -0.39 is 0 Å². The van der Waals surface area contributed by atoms with Crippen molar-refractivity contribution in [2.75, 3.05) is 40.8 Å². The average molecular weight is 258 g/mol. The Balaban J connectivity index is 4.68. The summed E-state index contributed by atoms with van der Waals surface area (Å²) in [7, 11) is 6.50. The average Bonchev–Trinajstić information content (AvgIpc) is 2.27. The third kappa shape index (κ3) is 3.92. The van der Waals surface area contributed by atoms with Gasteiger partial charge in [0.1, 0.15) is 0 Å². The first-order chi connectivity index (χ1) is 8.09.